The number of hydrogen-bond acceptors (Lipinski definition) is 3. The van der Waals surface area contributed by atoms with Gasteiger partial charge in [0, 0.05) is 19.2 Å². The number of piperidine rings is 1. The summed E-state index contributed by atoms with van der Waals surface area (Å²) < 4.78 is 4.84. The maximum atomic E-state index is 11.9. The Labute approximate surface area is 94.8 Å². The first kappa shape index (κ1) is 11.0. The molecule has 5 heteroatoms. The molecule has 2 rings (SSSR count). The van der Waals surface area contributed by atoms with Crippen molar-refractivity contribution in [2.75, 3.05) is 18.4 Å². The number of carbonyl (C=O) groups is 1. The van der Waals surface area contributed by atoms with Gasteiger partial charge in [0.15, 0.2) is 0 Å². The predicted octanol–water partition coefficient (Wildman–Crippen LogP) is 2.18. The van der Waals surface area contributed by atoms with E-state index >= 15 is 0 Å². The molecule has 0 aromatic carbocycles. The third-order valence-corrected chi connectivity index (χ3v) is 2.82. The molecule has 1 aromatic rings. The van der Waals surface area contributed by atoms with Crippen LogP contribution in [0, 0.1) is 11.8 Å². The molecule has 0 spiro atoms. The van der Waals surface area contributed by atoms with E-state index in [-0.39, 0.29) is 6.03 Å². The van der Waals surface area contributed by atoms with Crippen molar-refractivity contribution < 1.29 is 9.32 Å². The summed E-state index contributed by atoms with van der Waals surface area (Å²) in [5.74, 6) is 1.52. The van der Waals surface area contributed by atoms with E-state index in [2.05, 4.69) is 24.3 Å². The van der Waals surface area contributed by atoms with Gasteiger partial charge < -0.3 is 9.42 Å². The Hall–Kier alpha value is -1.52. The highest BCUT2D eigenvalue weighted by molar-refractivity contribution is 5.87. The summed E-state index contributed by atoms with van der Waals surface area (Å²) in [5, 5.41) is 6.23. The Morgan fingerprint density at radius 2 is 2.19 bits per heavy atom. The molecule has 0 saturated carbocycles. The Kier molecular flexibility index (Phi) is 3.12. The van der Waals surface area contributed by atoms with Gasteiger partial charge in [-0.15, -0.1) is 0 Å². The molecule has 0 radical (unpaired) electrons. The Morgan fingerprint density at radius 3 is 2.75 bits per heavy atom. The lowest BCUT2D eigenvalue weighted by molar-refractivity contribution is 0.156. The quantitative estimate of drug-likeness (QED) is 0.793. The average molecular weight is 223 g/mol. The second kappa shape index (κ2) is 4.55. The molecule has 5 nitrogen and oxygen atoms in total. The monoisotopic (exact) mass is 223 g/mol. The Bertz CT molecular complexity index is 340. The third kappa shape index (κ3) is 2.53. The fourth-order valence-electron chi connectivity index (χ4n) is 2.29. The largest absolute Gasteiger partial charge is 0.338 e. The van der Waals surface area contributed by atoms with Gasteiger partial charge in [-0.05, 0) is 18.3 Å². The van der Waals surface area contributed by atoms with Crippen LogP contribution < -0.4 is 5.32 Å². The van der Waals surface area contributed by atoms with Crippen LogP contribution in [-0.4, -0.2) is 29.2 Å². The van der Waals surface area contributed by atoms with Gasteiger partial charge in [-0.2, -0.15) is 0 Å². The van der Waals surface area contributed by atoms with Crippen molar-refractivity contribution in [3.8, 4) is 0 Å². The van der Waals surface area contributed by atoms with Crippen molar-refractivity contribution in [1.82, 2.24) is 10.1 Å². The smallest absolute Gasteiger partial charge is 0.324 e. The normalized spacial score (nSPS) is 25.5. The van der Waals surface area contributed by atoms with E-state index < -0.39 is 0 Å². The van der Waals surface area contributed by atoms with Crippen molar-refractivity contribution in [3.05, 3.63) is 12.3 Å². The lowest BCUT2D eigenvalue weighted by atomic mass is 9.92. The predicted molar refractivity (Wildman–Crippen MR) is 60.0 cm³/mol. The number of anilines is 1. The van der Waals surface area contributed by atoms with E-state index in [0.717, 1.165) is 13.1 Å². The van der Waals surface area contributed by atoms with Crippen molar-refractivity contribution in [3.63, 3.8) is 0 Å². The molecular weight excluding hydrogens is 206 g/mol. The average Bonchev–Trinajstić information content (AvgIpc) is 2.68. The van der Waals surface area contributed by atoms with Gasteiger partial charge >= 0.3 is 6.03 Å². The molecule has 16 heavy (non-hydrogen) atoms. The molecule has 2 amide bonds. The van der Waals surface area contributed by atoms with Crippen LogP contribution >= 0.6 is 0 Å². The zero-order valence-corrected chi connectivity index (χ0v) is 9.64. The molecule has 88 valence electrons. The number of likely N-dealkylation sites (tertiary alicyclic amines) is 1. The second-order valence-electron chi connectivity index (χ2n) is 4.66. The molecule has 1 fully saturated rings. The van der Waals surface area contributed by atoms with Crippen molar-refractivity contribution >= 4 is 11.9 Å². The molecule has 2 heterocycles. The summed E-state index contributed by atoms with van der Waals surface area (Å²) in [4.78, 5) is 13.7. The summed E-state index contributed by atoms with van der Waals surface area (Å²) >= 11 is 0. The maximum Gasteiger partial charge on any atom is 0.324 e. The first-order chi connectivity index (χ1) is 7.65. The molecule has 0 bridgehead atoms. The number of nitrogens with one attached hydrogen (secondary N) is 1. The van der Waals surface area contributed by atoms with Crippen LogP contribution in [0.4, 0.5) is 10.7 Å². The van der Waals surface area contributed by atoms with Crippen LogP contribution in [0.1, 0.15) is 20.3 Å². The van der Waals surface area contributed by atoms with Crippen LogP contribution in [0.2, 0.25) is 0 Å². The van der Waals surface area contributed by atoms with Crippen molar-refractivity contribution in [2.45, 2.75) is 20.3 Å². The lowest BCUT2D eigenvalue weighted by Gasteiger charge is -2.34. The van der Waals surface area contributed by atoms with E-state index in [0.29, 0.717) is 17.7 Å². The zero-order chi connectivity index (χ0) is 11.5. The van der Waals surface area contributed by atoms with Crippen LogP contribution in [0.25, 0.3) is 0 Å². The molecular formula is C11H17N3O2. The Balaban J connectivity index is 1.94. The van der Waals surface area contributed by atoms with Gasteiger partial charge in [0.1, 0.15) is 0 Å². The zero-order valence-electron chi connectivity index (χ0n) is 9.64. The second-order valence-corrected chi connectivity index (χ2v) is 4.66. The molecule has 1 aliphatic heterocycles. The Morgan fingerprint density at radius 1 is 1.50 bits per heavy atom. The highest BCUT2D eigenvalue weighted by Gasteiger charge is 2.25. The third-order valence-electron chi connectivity index (χ3n) is 2.82. The first-order valence-corrected chi connectivity index (χ1v) is 5.61. The summed E-state index contributed by atoms with van der Waals surface area (Å²) in [6.07, 6.45) is 2.70. The minimum Gasteiger partial charge on any atom is -0.338 e. The first-order valence-electron chi connectivity index (χ1n) is 5.61. The molecule has 1 N–H and O–H groups in total. The highest BCUT2D eigenvalue weighted by Crippen LogP contribution is 2.21. The van der Waals surface area contributed by atoms with E-state index in [1.807, 2.05) is 4.90 Å². The van der Waals surface area contributed by atoms with Crippen molar-refractivity contribution in [1.29, 1.82) is 0 Å². The number of aromatic nitrogens is 1. The summed E-state index contributed by atoms with van der Waals surface area (Å²) in [7, 11) is 0. The number of urea groups is 1. The molecule has 1 aliphatic rings. The highest BCUT2D eigenvalue weighted by atomic mass is 16.5. The molecule has 1 aromatic heterocycles. The van der Waals surface area contributed by atoms with E-state index in [4.69, 9.17) is 4.52 Å². The topological polar surface area (TPSA) is 58.4 Å². The van der Waals surface area contributed by atoms with E-state index in [9.17, 15) is 4.79 Å². The van der Waals surface area contributed by atoms with E-state index in [1.165, 1.54) is 12.6 Å². The van der Waals surface area contributed by atoms with Gasteiger partial charge in [0.05, 0.1) is 6.20 Å². The summed E-state index contributed by atoms with van der Waals surface area (Å²) in [6.45, 7) is 5.96. The number of nitrogens with zero attached hydrogens (tertiary/aromatic N) is 2. The van der Waals surface area contributed by atoms with Gasteiger partial charge in [0.2, 0.25) is 5.88 Å². The standard InChI is InChI=1S/C11H17N3O2/c1-8-5-9(2)7-14(6-8)11(15)13-10-3-4-12-16-10/h3-4,8-9H,5-7H2,1-2H3,(H,13,15). The van der Waals surface area contributed by atoms with Gasteiger partial charge in [-0.3, -0.25) is 5.32 Å². The van der Waals surface area contributed by atoms with E-state index in [1.54, 1.807) is 6.07 Å². The summed E-state index contributed by atoms with van der Waals surface area (Å²) in [5.41, 5.74) is 0. The fourth-order valence-corrected chi connectivity index (χ4v) is 2.29. The van der Waals surface area contributed by atoms with Crippen LogP contribution in [-0.2, 0) is 0 Å². The molecule has 2 atom stereocenters. The van der Waals surface area contributed by atoms with Gasteiger partial charge in [-0.1, -0.05) is 19.0 Å². The molecule has 1 saturated heterocycles. The van der Waals surface area contributed by atoms with Crippen LogP contribution in [0.5, 0.6) is 0 Å². The molecule has 0 aliphatic carbocycles. The minimum atomic E-state index is -0.102. The molecule has 2 unspecified atom stereocenters. The maximum absolute atomic E-state index is 11.9. The number of rotatable bonds is 1. The van der Waals surface area contributed by atoms with Crippen LogP contribution in [0.15, 0.2) is 16.8 Å². The minimum absolute atomic E-state index is 0.102. The van der Waals surface area contributed by atoms with Gasteiger partial charge in [0.25, 0.3) is 0 Å². The fraction of sp³-hybridized carbons (Fsp3) is 0.636. The van der Waals surface area contributed by atoms with Gasteiger partial charge in [-0.25, -0.2) is 4.79 Å². The lowest BCUT2D eigenvalue weighted by Crippen LogP contribution is -2.44. The SMILES string of the molecule is CC1CC(C)CN(C(=O)Nc2ccno2)C1. The van der Waals surface area contributed by atoms with Crippen LogP contribution in [0.3, 0.4) is 0 Å². The van der Waals surface area contributed by atoms with Crippen molar-refractivity contribution in [2.24, 2.45) is 11.8 Å². The number of hydrogen-bond donors (Lipinski definition) is 1. The summed E-state index contributed by atoms with van der Waals surface area (Å²) in [6, 6.07) is 1.53. The number of carbonyl (C=O) groups excluding carboxylic acids is 1. The number of amides is 2.